The summed E-state index contributed by atoms with van der Waals surface area (Å²) < 4.78 is 8.91. The van der Waals surface area contributed by atoms with Crippen molar-refractivity contribution in [3.05, 3.63) is 289 Å². The molecule has 16 rings (SSSR count). The Morgan fingerprint density at radius 2 is 0.803 bits per heavy atom. The molecule has 0 atom stereocenters. The van der Waals surface area contributed by atoms with Crippen LogP contribution in [0, 0.1) is 0 Å². The van der Waals surface area contributed by atoms with E-state index in [1.807, 2.05) is 24.3 Å². The summed E-state index contributed by atoms with van der Waals surface area (Å²) >= 11 is 0. The van der Waals surface area contributed by atoms with Gasteiger partial charge in [0.1, 0.15) is 11.2 Å². The van der Waals surface area contributed by atoms with Crippen LogP contribution in [0.2, 0.25) is 0 Å². The van der Waals surface area contributed by atoms with Gasteiger partial charge in [-0.05, 0) is 122 Å². The van der Waals surface area contributed by atoms with Gasteiger partial charge in [-0.2, -0.15) is 0 Å². The minimum atomic E-state index is -0.500. The van der Waals surface area contributed by atoms with Crippen LogP contribution in [0.3, 0.4) is 0 Å². The Morgan fingerprint density at radius 1 is 0.316 bits per heavy atom. The molecule has 0 saturated heterocycles. The van der Waals surface area contributed by atoms with E-state index in [9.17, 15) is 0 Å². The summed E-state index contributed by atoms with van der Waals surface area (Å²) in [4.78, 5) is 13.3. The lowest BCUT2D eigenvalue weighted by Crippen LogP contribution is -2.26. The highest BCUT2D eigenvalue weighted by molar-refractivity contribution is 6.17. The Labute approximate surface area is 438 Å². The third kappa shape index (κ3) is 6.20. The Balaban J connectivity index is 0.958. The van der Waals surface area contributed by atoms with Crippen molar-refractivity contribution in [2.75, 3.05) is 4.90 Å². The average molecular weight is 969 g/mol. The number of nitrogens with zero attached hydrogens (tertiary/aromatic N) is 4. The van der Waals surface area contributed by atoms with Gasteiger partial charge in [-0.15, -0.1) is 0 Å². The summed E-state index contributed by atoms with van der Waals surface area (Å²) in [5.74, 6) is 0.592. The van der Waals surface area contributed by atoms with Gasteiger partial charge >= 0.3 is 0 Å². The third-order valence-corrected chi connectivity index (χ3v) is 16.0. The van der Waals surface area contributed by atoms with Crippen molar-refractivity contribution in [1.82, 2.24) is 14.5 Å². The molecule has 3 aromatic heterocycles. The van der Waals surface area contributed by atoms with Crippen LogP contribution in [0.15, 0.2) is 271 Å². The van der Waals surface area contributed by atoms with Crippen molar-refractivity contribution in [2.24, 2.45) is 0 Å². The molecule has 0 N–H and O–H groups in total. The van der Waals surface area contributed by atoms with Gasteiger partial charge in [0.05, 0.1) is 27.8 Å². The smallest absolute Gasteiger partial charge is 0.235 e. The molecule has 3 heterocycles. The fourth-order valence-corrected chi connectivity index (χ4v) is 12.7. The van der Waals surface area contributed by atoms with Crippen molar-refractivity contribution in [1.29, 1.82) is 0 Å². The maximum atomic E-state index is 6.66. The van der Waals surface area contributed by atoms with Crippen LogP contribution in [-0.2, 0) is 5.41 Å². The predicted octanol–water partition coefficient (Wildman–Crippen LogP) is 18.3. The number of furan rings is 1. The van der Waals surface area contributed by atoms with Gasteiger partial charge in [0, 0.05) is 49.7 Å². The number of para-hydroxylation sites is 1. The lowest BCUT2D eigenvalue weighted by atomic mass is 9.70. The van der Waals surface area contributed by atoms with Crippen molar-refractivity contribution in [3.8, 4) is 61.8 Å². The lowest BCUT2D eigenvalue weighted by molar-refractivity contribution is 0.669. The minimum Gasteiger partial charge on any atom is -0.456 e. The second kappa shape index (κ2) is 16.5. The largest absolute Gasteiger partial charge is 0.456 e. The van der Waals surface area contributed by atoms with Gasteiger partial charge < -0.3 is 9.32 Å². The van der Waals surface area contributed by atoms with Gasteiger partial charge in [0.2, 0.25) is 5.95 Å². The van der Waals surface area contributed by atoms with Crippen molar-refractivity contribution in [2.45, 2.75) is 5.41 Å². The number of rotatable bonds is 7. The summed E-state index contributed by atoms with van der Waals surface area (Å²) in [6.07, 6.45) is 0. The summed E-state index contributed by atoms with van der Waals surface area (Å²) in [6, 6.07) is 96.4. The molecule has 5 heteroatoms. The predicted molar refractivity (Wildman–Crippen MR) is 311 cm³/mol. The molecule has 2 aliphatic rings. The zero-order valence-electron chi connectivity index (χ0n) is 41.1. The standard InChI is InChI=1S/C71H44N4O/c1-4-18-45(19-5-1)46-32-34-49(35-33-46)74(51-36-38-55-54-26-12-16-30-62(54)71(63(55)41-51)60-28-14-10-24-52(60)53-25-11-15-29-61(53)71)50-37-39-66-57(40-50)58-43-69-59(56-27-13-17-31-68(56)76-69)42-67(58)75(66)70-72-64(47-20-6-2-7-21-47)44-65(73-70)48-22-8-3-9-23-48/h1-44H. The van der Waals surface area contributed by atoms with E-state index in [4.69, 9.17) is 14.4 Å². The molecule has 14 aromatic rings. The first-order valence-electron chi connectivity index (χ1n) is 26.0. The summed E-state index contributed by atoms with van der Waals surface area (Å²) in [5.41, 5.74) is 22.7. The second-order valence-corrected chi connectivity index (χ2v) is 20.0. The molecule has 2 aliphatic carbocycles. The van der Waals surface area contributed by atoms with E-state index in [2.05, 4.69) is 252 Å². The molecular weight excluding hydrogens is 925 g/mol. The molecule has 0 amide bonds. The number of aromatic nitrogens is 3. The Hall–Kier alpha value is -10.1. The van der Waals surface area contributed by atoms with Gasteiger partial charge in [0.15, 0.2) is 0 Å². The fourth-order valence-electron chi connectivity index (χ4n) is 12.7. The Morgan fingerprint density at radius 3 is 1.43 bits per heavy atom. The zero-order chi connectivity index (χ0) is 49.9. The molecular formula is C71H44N4O. The van der Waals surface area contributed by atoms with Crippen LogP contribution in [0.1, 0.15) is 22.3 Å². The van der Waals surface area contributed by atoms with Crippen LogP contribution >= 0.6 is 0 Å². The number of anilines is 3. The summed E-state index contributed by atoms with van der Waals surface area (Å²) in [7, 11) is 0. The van der Waals surface area contributed by atoms with E-state index in [0.29, 0.717) is 5.95 Å². The van der Waals surface area contributed by atoms with E-state index in [0.717, 1.165) is 88.9 Å². The van der Waals surface area contributed by atoms with E-state index in [1.54, 1.807) is 0 Å². The molecule has 1 spiro atoms. The molecule has 0 fully saturated rings. The zero-order valence-corrected chi connectivity index (χ0v) is 41.1. The number of hydrogen-bond donors (Lipinski definition) is 0. The molecule has 0 unspecified atom stereocenters. The number of benzene rings is 11. The Kier molecular flexibility index (Phi) is 9.18. The number of hydrogen-bond acceptors (Lipinski definition) is 4. The molecule has 0 aliphatic heterocycles. The van der Waals surface area contributed by atoms with Crippen LogP contribution in [0.4, 0.5) is 17.1 Å². The molecule has 76 heavy (non-hydrogen) atoms. The SMILES string of the molecule is c1ccc(-c2ccc(N(c3ccc4c(c3)C3(c5ccccc5-c5ccccc53)c3ccccc3-4)c3ccc4c(c3)c3cc5oc6ccccc6c5cc3n4-c3nc(-c4ccccc4)cc(-c4ccccc4)n3)cc2)cc1. The first-order chi connectivity index (χ1) is 37.7. The fraction of sp³-hybridized carbons (Fsp3) is 0.0141. The quantitative estimate of drug-likeness (QED) is 0.160. The minimum absolute atomic E-state index is 0.500. The van der Waals surface area contributed by atoms with Crippen LogP contribution in [0.25, 0.3) is 106 Å². The Bertz CT molecular complexity index is 4510. The van der Waals surface area contributed by atoms with Crippen molar-refractivity contribution < 1.29 is 4.42 Å². The molecule has 11 aromatic carbocycles. The van der Waals surface area contributed by atoms with Gasteiger partial charge in [-0.1, -0.05) is 200 Å². The monoisotopic (exact) mass is 968 g/mol. The maximum Gasteiger partial charge on any atom is 0.235 e. The van der Waals surface area contributed by atoms with Crippen LogP contribution in [-0.4, -0.2) is 14.5 Å². The highest BCUT2D eigenvalue weighted by Gasteiger charge is 2.51. The first kappa shape index (κ1) is 42.4. The summed E-state index contributed by atoms with van der Waals surface area (Å²) in [5, 5.41) is 4.20. The van der Waals surface area contributed by atoms with E-state index >= 15 is 0 Å². The summed E-state index contributed by atoms with van der Waals surface area (Å²) in [6.45, 7) is 0. The molecule has 354 valence electrons. The van der Waals surface area contributed by atoms with Crippen molar-refractivity contribution >= 4 is 60.8 Å². The van der Waals surface area contributed by atoms with E-state index < -0.39 is 5.41 Å². The third-order valence-electron chi connectivity index (χ3n) is 16.0. The van der Waals surface area contributed by atoms with Gasteiger partial charge in [-0.25, -0.2) is 9.97 Å². The van der Waals surface area contributed by atoms with Gasteiger partial charge in [-0.3, -0.25) is 4.57 Å². The molecule has 0 bridgehead atoms. The topological polar surface area (TPSA) is 47.1 Å². The first-order valence-corrected chi connectivity index (χ1v) is 26.0. The van der Waals surface area contributed by atoms with Crippen LogP contribution in [0.5, 0.6) is 0 Å². The van der Waals surface area contributed by atoms with Crippen LogP contribution < -0.4 is 4.90 Å². The van der Waals surface area contributed by atoms with E-state index in [1.165, 1.54) is 50.1 Å². The maximum absolute atomic E-state index is 6.66. The number of fused-ring (bicyclic) bond motifs is 16. The van der Waals surface area contributed by atoms with E-state index in [-0.39, 0.29) is 0 Å². The molecule has 5 nitrogen and oxygen atoms in total. The molecule has 0 saturated carbocycles. The molecule has 0 radical (unpaired) electrons. The lowest BCUT2D eigenvalue weighted by Gasteiger charge is -2.32. The normalized spacial score (nSPS) is 12.8. The highest BCUT2D eigenvalue weighted by Crippen LogP contribution is 2.63. The highest BCUT2D eigenvalue weighted by atomic mass is 16.3. The van der Waals surface area contributed by atoms with Gasteiger partial charge in [0.25, 0.3) is 0 Å². The average Bonchev–Trinajstić information content (AvgIpc) is 4.35. The van der Waals surface area contributed by atoms with Crippen molar-refractivity contribution in [3.63, 3.8) is 0 Å². The second-order valence-electron chi connectivity index (χ2n) is 20.0.